The van der Waals surface area contributed by atoms with E-state index in [1.54, 1.807) is 0 Å². The van der Waals surface area contributed by atoms with Gasteiger partial charge < -0.3 is 5.73 Å². The van der Waals surface area contributed by atoms with Gasteiger partial charge in [0.1, 0.15) is 0 Å². The summed E-state index contributed by atoms with van der Waals surface area (Å²) in [6, 6.07) is 0.435. The van der Waals surface area contributed by atoms with Crippen LogP contribution >= 0.6 is 0 Å². The molecule has 4 nitrogen and oxygen atoms in total. The van der Waals surface area contributed by atoms with Crippen LogP contribution in [0.4, 0.5) is 0 Å². The zero-order valence-electron chi connectivity index (χ0n) is 12.8. The molecule has 2 N–H and O–H groups in total. The van der Waals surface area contributed by atoms with Crippen molar-refractivity contribution in [2.75, 3.05) is 13.1 Å². The molecule has 2 atom stereocenters. The Morgan fingerprint density at radius 2 is 2.05 bits per heavy atom. The average molecular weight is 264 g/mol. The van der Waals surface area contributed by atoms with Crippen LogP contribution in [0.5, 0.6) is 0 Å². The van der Waals surface area contributed by atoms with Gasteiger partial charge in [0.05, 0.1) is 12.2 Å². The van der Waals surface area contributed by atoms with E-state index in [4.69, 9.17) is 5.73 Å². The van der Waals surface area contributed by atoms with Gasteiger partial charge in [-0.1, -0.05) is 20.3 Å². The second-order valence-corrected chi connectivity index (χ2v) is 6.45. The molecule has 108 valence electrons. The first-order valence-corrected chi connectivity index (χ1v) is 7.43. The summed E-state index contributed by atoms with van der Waals surface area (Å²) in [6.07, 6.45) is 7.87. The second-order valence-electron chi connectivity index (χ2n) is 6.45. The average Bonchev–Trinajstić information content (AvgIpc) is 2.78. The number of rotatable bonds is 4. The molecule has 1 saturated heterocycles. The lowest BCUT2D eigenvalue weighted by atomic mass is 9.77. The number of nitrogens with zero attached hydrogens (tertiary/aromatic N) is 3. The van der Waals surface area contributed by atoms with Crippen LogP contribution in [0.2, 0.25) is 0 Å². The summed E-state index contributed by atoms with van der Waals surface area (Å²) in [5.41, 5.74) is 8.00. The van der Waals surface area contributed by atoms with Crippen molar-refractivity contribution in [3.8, 4) is 0 Å². The smallest absolute Gasteiger partial charge is 0.0538 e. The summed E-state index contributed by atoms with van der Waals surface area (Å²) in [6.45, 7) is 9.11. The van der Waals surface area contributed by atoms with Crippen LogP contribution < -0.4 is 5.73 Å². The van der Waals surface area contributed by atoms with E-state index in [1.807, 2.05) is 17.9 Å². The maximum Gasteiger partial charge on any atom is 0.0538 e. The molecule has 19 heavy (non-hydrogen) atoms. The van der Waals surface area contributed by atoms with Crippen molar-refractivity contribution in [2.24, 2.45) is 18.2 Å². The molecule has 0 saturated carbocycles. The lowest BCUT2D eigenvalue weighted by Gasteiger charge is -2.43. The van der Waals surface area contributed by atoms with E-state index in [9.17, 15) is 0 Å². The number of aryl methyl sites for hydroxylation is 1. The van der Waals surface area contributed by atoms with Crippen LogP contribution in [0.25, 0.3) is 0 Å². The Labute approximate surface area is 117 Å². The SMILES string of the molecule is CCC1(C)CCN(C(c2cnn(C)c2)C(C)N)CC1. The van der Waals surface area contributed by atoms with Crippen LogP contribution in [-0.2, 0) is 7.05 Å². The fourth-order valence-corrected chi connectivity index (χ4v) is 3.14. The molecule has 0 spiro atoms. The molecular formula is C15H28N4. The van der Waals surface area contributed by atoms with Crippen molar-refractivity contribution in [1.29, 1.82) is 0 Å². The van der Waals surface area contributed by atoms with Gasteiger partial charge >= 0.3 is 0 Å². The molecule has 0 aromatic carbocycles. The Balaban J connectivity index is 2.10. The third kappa shape index (κ3) is 3.18. The van der Waals surface area contributed by atoms with Gasteiger partial charge in [-0.15, -0.1) is 0 Å². The van der Waals surface area contributed by atoms with Crippen LogP contribution in [0, 0.1) is 5.41 Å². The molecular weight excluding hydrogens is 236 g/mol. The molecule has 1 aliphatic rings. The summed E-state index contributed by atoms with van der Waals surface area (Å²) in [5, 5.41) is 4.29. The van der Waals surface area contributed by atoms with Crippen molar-refractivity contribution in [2.45, 2.75) is 52.1 Å². The highest BCUT2D eigenvalue weighted by atomic mass is 15.3. The van der Waals surface area contributed by atoms with Gasteiger partial charge in [0.15, 0.2) is 0 Å². The third-order valence-electron chi connectivity index (χ3n) is 4.82. The number of piperidine rings is 1. The molecule has 0 bridgehead atoms. The fourth-order valence-electron chi connectivity index (χ4n) is 3.14. The number of nitrogens with two attached hydrogens (primary N) is 1. The number of likely N-dealkylation sites (tertiary alicyclic amines) is 1. The Bertz CT molecular complexity index is 402. The number of aromatic nitrogens is 2. The molecule has 1 fully saturated rings. The van der Waals surface area contributed by atoms with Gasteiger partial charge in [-0.3, -0.25) is 9.58 Å². The first-order chi connectivity index (χ1) is 8.95. The van der Waals surface area contributed by atoms with Crippen molar-refractivity contribution in [1.82, 2.24) is 14.7 Å². The van der Waals surface area contributed by atoms with Crippen LogP contribution in [-0.4, -0.2) is 33.8 Å². The predicted molar refractivity (Wildman–Crippen MR) is 78.8 cm³/mol. The van der Waals surface area contributed by atoms with Crippen molar-refractivity contribution in [3.63, 3.8) is 0 Å². The summed E-state index contributed by atoms with van der Waals surface area (Å²) < 4.78 is 1.87. The molecule has 4 heteroatoms. The maximum atomic E-state index is 6.23. The summed E-state index contributed by atoms with van der Waals surface area (Å²) in [7, 11) is 1.96. The summed E-state index contributed by atoms with van der Waals surface area (Å²) in [4.78, 5) is 2.54. The van der Waals surface area contributed by atoms with E-state index < -0.39 is 0 Å². The van der Waals surface area contributed by atoms with E-state index in [1.165, 1.54) is 24.8 Å². The predicted octanol–water partition coefficient (Wildman–Crippen LogP) is 2.32. The van der Waals surface area contributed by atoms with Crippen LogP contribution in [0.1, 0.15) is 51.6 Å². The van der Waals surface area contributed by atoms with Gasteiger partial charge in [-0.05, 0) is 38.3 Å². The minimum atomic E-state index is 0.134. The van der Waals surface area contributed by atoms with Gasteiger partial charge in [0.2, 0.25) is 0 Å². The van der Waals surface area contributed by atoms with E-state index in [2.05, 4.69) is 37.0 Å². The minimum absolute atomic E-state index is 0.134. The summed E-state index contributed by atoms with van der Waals surface area (Å²) >= 11 is 0. The standard InChI is InChI=1S/C15H28N4/c1-5-15(3)6-8-19(9-7-15)14(12(2)16)13-10-17-18(4)11-13/h10-12,14H,5-9,16H2,1-4H3. The van der Waals surface area contributed by atoms with Crippen molar-refractivity contribution in [3.05, 3.63) is 18.0 Å². The highest BCUT2D eigenvalue weighted by molar-refractivity contribution is 5.13. The zero-order valence-corrected chi connectivity index (χ0v) is 12.8. The molecule has 2 rings (SSSR count). The highest BCUT2D eigenvalue weighted by Gasteiger charge is 2.33. The monoisotopic (exact) mass is 264 g/mol. The fraction of sp³-hybridized carbons (Fsp3) is 0.800. The Morgan fingerprint density at radius 3 is 2.47 bits per heavy atom. The molecule has 0 radical (unpaired) electrons. The van der Waals surface area contributed by atoms with Crippen LogP contribution in [0.3, 0.4) is 0 Å². The lowest BCUT2D eigenvalue weighted by Crippen LogP contribution is -2.45. The van der Waals surface area contributed by atoms with E-state index in [-0.39, 0.29) is 6.04 Å². The normalized spacial score (nSPS) is 23.2. The molecule has 1 aromatic rings. The van der Waals surface area contributed by atoms with Crippen molar-refractivity contribution < 1.29 is 0 Å². The zero-order chi connectivity index (χ0) is 14.0. The number of hydrogen-bond acceptors (Lipinski definition) is 3. The molecule has 1 aromatic heterocycles. The third-order valence-corrected chi connectivity index (χ3v) is 4.82. The largest absolute Gasteiger partial charge is 0.326 e. The van der Waals surface area contributed by atoms with Gasteiger partial charge in [-0.2, -0.15) is 5.10 Å². The molecule has 0 amide bonds. The second kappa shape index (κ2) is 5.63. The molecule has 2 heterocycles. The lowest BCUT2D eigenvalue weighted by molar-refractivity contribution is 0.0721. The van der Waals surface area contributed by atoms with E-state index in [0.717, 1.165) is 13.1 Å². The first kappa shape index (κ1) is 14.5. The summed E-state index contributed by atoms with van der Waals surface area (Å²) in [5.74, 6) is 0. The Morgan fingerprint density at radius 1 is 1.42 bits per heavy atom. The van der Waals surface area contributed by atoms with E-state index >= 15 is 0 Å². The van der Waals surface area contributed by atoms with Crippen molar-refractivity contribution >= 4 is 0 Å². The quantitative estimate of drug-likeness (QED) is 0.908. The minimum Gasteiger partial charge on any atom is -0.326 e. The van der Waals surface area contributed by atoms with E-state index in [0.29, 0.717) is 11.5 Å². The van der Waals surface area contributed by atoms with Gasteiger partial charge in [-0.25, -0.2) is 0 Å². The Kier molecular flexibility index (Phi) is 4.31. The molecule has 2 unspecified atom stereocenters. The number of hydrogen-bond donors (Lipinski definition) is 1. The molecule has 1 aliphatic heterocycles. The van der Waals surface area contributed by atoms with Gasteiger partial charge in [0.25, 0.3) is 0 Å². The van der Waals surface area contributed by atoms with Gasteiger partial charge in [0, 0.05) is 24.8 Å². The highest BCUT2D eigenvalue weighted by Crippen LogP contribution is 2.37. The molecule has 0 aliphatic carbocycles. The first-order valence-electron chi connectivity index (χ1n) is 7.43. The van der Waals surface area contributed by atoms with Crippen LogP contribution in [0.15, 0.2) is 12.4 Å². The maximum absolute atomic E-state index is 6.23. The topological polar surface area (TPSA) is 47.1 Å². The Hall–Kier alpha value is -0.870.